The molecule has 21 heavy (non-hydrogen) atoms. The number of fused-ring (bicyclic) bond motifs is 1. The number of carboxylic acid groups (broad SMARTS) is 1. The molecule has 112 valence electrons. The SMILES string of the molecule is Cc1nc2ccccn2c1CCC(=O)N(C)CCC(=O)O. The van der Waals surface area contributed by atoms with Crippen LogP contribution in [0.1, 0.15) is 24.2 Å². The van der Waals surface area contributed by atoms with Crippen LogP contribution in [0.2, 0.25) is 0 Å². The minimum Gasteiger partial charge on any atom is -0.481 e. The van der Waals surface area contributed by atoms with Gasteiger partial charge in [-0.15, -0.1) is 0 Å². The highest BCUT2D eigenvalue weighted by Crippen LogP contribution is 2.14. The number of aliphatic carboxylic acids is 1. The Bertz CT molecular complexity index is 663. The van der Waals surface area contributed by atoms with E-state index < -0.39 is 5.97 Å². The largest absolute Gasteiger partial charge is 0.481 e. The maximum absolute atomic E-state index is 12.0. The Morgan fingerprint density at radius 3 is 2.81 bits per heavy atom. The van der Waals surface area contributed by atoms with E-state index in [4.69, 9.17) is 5.11 Å². The third-order valence-electron chi connectivity index (χ3n) is 3.49. The molecule has 0 fully saturated rings. The molecule has 1 N–H and O–H groups in total. The summed E-state index contributed by atoms with van der Waals surface area (Å²) in [6, 6.07) is 5.78. The Kier molecular flexibility index (Phi) is 4.57. The van der Waals surface area contributed by atoms with E-state index in [2.05, 4.69) is 4.98 Å². The second kappa shape index (κ2) is 6.39. The molecule has 1 amide bonds. The summed E-state index contributed by atoms with van der Waals surface area (Å²) in [5.74, 6) is -0.950. The molecule has 0 saturated heterocycles. The molecule has 0 aliphatic heterocycles. The van der Waals surface area contributed by atoms with Gasteiger partial charge >= 0.3 is 5.97 Å². The van der Waals surface area contributed by atoms with Crippen LogP contribution in [0.5, 0.6) is 0 Å². The molecule has 6 nitrogen and oxygen atoms in total. The van der Waals surface area contributed by atoms with Gasteiger partial charge in [0.1, 0.15) is 5.65 Å². The normalized spacial score (nSPS) is 10.8. The minimum atomic E-state index is -0.896. The number of amides is 1. The van der Waals surface area contributed by atoms with Crippen molar-refractivity contribution in [1.29, 1.82) is 0 Å². The zero-order valence-electron chi connectivity index (χ0n) is 12.2. The molecule has 0 spiro atoms. The van der Waals surface area contributed by atoms with Crippen molar-refractivity contribution in [2.45, 2.75) is 26.2 Å². The standard InChI is InChI=1S/C15H19N3O3/c1-11-12(18-9-4-3-5-13(18)16-11)6-7-14(19)17(2)10-8-15(20)21/h3-5,9H,6-8,10H2,1-2H3,(H,20,21). The number of aromatic nitrogens is 2. The second-order valence-corrected chi connectivity index (χ2v) is 5.03. The topological polar surface area (TPSA) is 74.9 Å². The van der Waals surface area contributed by atoms with Crippen molar-refractivity contribution >= 4 is 17.5 Å². The molecule has 2 aromatic rings. The summed E-state index contributed by atoms with van der Waals surface area (Å²) >= 11 is 0. The predicted octanol–water partition coefficient (Wildman–Crippen LogP) is 1.51. The van der Waals surface area contributed by atoms with E-state index in [-0.39, 0.29) is 18.9 Å². The summed E-state index contributed by atoms with van der Waals surface area (Å²) in [5, 5.41) is 8.63. The van der Waals surface area contributed by atoms with E-state index in [1.54, 1.807) is 7.05 Å². The van der Waals surface area contributed by atoms with E-state index in [0.717, 1.165) is 17.0 Å². The molecule has 0 aliphatic carbocycles. The van der Waals surface area contributed by atoms with E-state index in [0.29, 0.717) is 12.8 Å². The number of hydrogen-bond donors (Lipinski definition) is 1. The molecular formula is C15H19N3O3. The highest BCUT2D eigenvalue weighted by molar-refractivity contribution is 5.77. The minimum absolute atomic E-state index is 0.0309. The third-order valence-corrected chi connectivity index (χ3v) is 3.49. The third kappa shape index (κ3) is 3.59. The maximum Gasteiger partial charge on any atom is 0.305 e. The fraction of sp³-hybridized carbons (Fsp3) is 0.400. The van der Waals surface area contributed by atoms with Gasteiger partial charge in [0.05, 0.1) is 12.1 Å². The highest BCUT2D eigenvalue weighted by Gasteiger charge is 2.13. The number of imidazole rings is 1. The van der Waals surface area contributed by atoms with Crippen LogP contribution in [0, 0.1) is 6.92 Å². The molecule has 0 bridgehead atoms. The molecule has 0 atom stereocenters. The molecule has 2 heterocycles. The Morgan fingerprint density at radius 2 is 2.10 bits per heavy atom. The lowest BCUT2D eigenvalue weighted by atomic mass is 10.2. The van der Waals surface area contributed by atoms with Gasteiger partial charge in [-0.05, 0) is 25.5 Å². The van der Waals surface area contributed by atoms with Gasteiger partial charge in [0.2, 0.25) is 5.91 Å². The first kappa shape index (κ1) is 15.0. The van der Waals surface area contributed by atoms with Gasteiger partial charge in [0, 0.05) is 31.9 Å². The molecule has 6 heteroatoms. The van der Waals surface area contributed by atoms with Crippen LogP contribution >= 0.6 is 0 Å². The average molecular weight is 289 g/mol. The van der Waals surface area contributed by atoms with Crippen molar-refractivity contribution in [3.63, 3.8) is 0 Å². The highest BCUT2D eigenvalue weighted by atomic mass is 16.4. The Hall–Kier alpha value is -2.37. The number of pyridine rings is 1. The average Bonchev–Trinajstić information content (AvgIpc) is 2.77. The summed E-state index contributed by atoms with van der Waals surface area (Å²) in [6.07, 6.45) is 2.84. The zero-order chi connectivity index (χ0) is 15.4. The van der Waals surface area contributed by atoms with E-state index in [9.17, 15) is 9.59 Å². The van der Waals surface area contributed by atoms with Gasteiger partial charge in [0.15, 0.2) is 0 Å². The van der Waals surface area contributed by atoms with Gasteiger partial charge in [-0.25, -0.2) is 4.98 Å². The summed E-state index contributed by atoms with van der Waals surface area (Å²) in [6.45, 7) is 2.17. The number of carbonyl (C=O) groups excluding carboxylic acids is 1. The first-order valence-corrected chi connectivity index (χ1v) is 6.87. The van der Waals surface area contributed by atoms with Crippen molar-refractivity contribution in [2.24, 2.45) is 0 Å². The van der Waals surface area contributed by atoms with Crippen molar-refractivity contribution in [1.82, 2.24) is 14.3 Å². The number of carbonyl (C=O) groups is 2. The lowest BCUT2D eigenvalue weighted by Crippen LogP contribution is -2.29. The number of aryl methyl sites for hydroxylation is 2. The van der Waals surface area contributed by atoms with Gasteiger partial charge < -0.3 is 14.4 Å². The van der Waals surface area contributed by atoms with E-state index >= 15 is 0 Å². The van der Waals surface area contributed by atoms with Crippen LogP contribution in [0.4, 0.5) is 0 Å². The number of carboxylic acids is 1. The summed E-state index contributed by atoms with van der Waals surface area (Å²) in [5.41, 5.74) is 2.81. The van der Waals surface area contributed by atoms with Gasteiger partial charge in [-0.1, -0.05) is 6.07 Å². The number of hydrogen-bond acceptors (Lipinski definition) is 3. The van der Waals surface area contributed by atoms with Crippen LogP contribution in [-0.4, -0.2) is 44.9 Å². The molecule has 2 rings (SSSR count). The molecule has 0 aromatic carbocycles. The fourth-order valence-electron chi connectivity index (χ4n) is 2.27. The summed E-state index contributed by atoms with van der Waals surface area (Å²) in [7, 11) is 1.63. The molecule has 0 aliphatic rings. The fourth-order valence-corrected chi connectivity index (χ4v) is 2.27. The Labute approximate surface area is 123 Å². The van der Waals surface area contributed by atoms with E-state index in [1.165, 1.54) is 4.90 Å². The first-order valence-electron chi connectivity index (χ1n) is 6.87. The van der Waals surface area contributed by atoms with Gasteiger partial charge in [-0.2, -0.15) is 0 Å². The van der Waals surface area contributed by atoms with Crippen LogP contribution in [0.15, 0.2) is 24.4 Å². The molecule has 0 radical (unpaired) electrons. The van der Waals surface area contributed by atoms with E-state index in [1.807, 2.05) is 35.7 Å². The molecule has 0 unspecified atom stereocenters. The van der Waals surface area contributed by atoms with Gasteiger partial charge in [0.25, 0.3) is 0 Å². The molecule has 2 aromatic heterocycles. The van der Waals surface area contributed by atoms with Crippen molar-refractivity contribution in [3.8, 4) is 0 Å². The van der Waals surface area contributed by atoms with Crippen molar-refractivity contribution in [2.75, 3.05) is 13.6 Å². The van der Waals surface area contributed by atoms with Crippen LogP contribution < -0.4 is 0 Å². The van der Waals surface area contributed by atoms with Gasteiger partial charge in [-0.3, -0.25) is 9.59 Å². The van der Waals surface area contributed by atoms with Crippen LogP contribution in [-0.2, 0) is 16.0 Å². The first-order chi connectivity index (χ1) is 9.99. The summed E-state index contributed by atoms with van der Waals surface area (Å²) in [4.78, 5) is 28.4. The quantitative estimate of drug-likeness (QED) is 0.874. The number of nitrogens with zero attached hydrogens (tertiary/aromatic N) is 3. The van der Waals surface area contributed by atoms with Crippen LogP contribution in [0.3, 0.4) is 0 Å². The molecule has 0 saturated carbocycles. The lowest BCUT2D eigenvalue weighted by Gasteiger charge is -2.15. The monoisotopic (exact) mass is 289 g/mol. The van der Waals surface area contributed by atoms with Crippen molar-refractivity contribution in [3.05, 3.63) is 35.8 Å². The summed E-state index contributed by atoms with van der Waals surface area (Å²) < 4.78 is 1.99. The van der Waals surface area contributed by atoms with Crippen molar-refractivity contribution < 1.29 is 14.7 Å². The predicted molar refractivity (Wildman–Crippen MR) is 78.1 cm³/mol. The smallest absolute Gasteiger partial charge is 0.305 e. The lowest BCUT2D eigenvalue weighted by molar-refractivity contribution is -0.138. The van der Waals surface area contributed by atoms with Crippen LogP contribution in [0.25, 0.3) is 5.65 Å². The second-order valence-electron chi connectivity index (χ2n) is 5.03. The molecular weight excluding hydrogens is 270 g/mol. The Morgan fingerprint density at radius 1 is 1.33 bits per heavy atom. The zero-order valence-corrected chi connectivity index (χ0v) is 12.2. The Balaban J connectivity index is 2.00. The number of rotatable bonds is 6. The maximum atomic E-state index is 12.0.